The molecule has 0 spiro atoms. The van der Waals surface area contributed by atoms with E-state index < -0.39 is 0 Å². The minimum absolute atomic E-state index is 0.00870. The highest BCUT2D eigenvalue weighted by Crippen LogP contribution is 2.26. The van der Waals surface area contributed by atoms with E-state index in [2.05, 4.69) is 0 Å². The third-order valence-corrected chi connectivity index (χ3v) is 2.91. The number of benzene rings is 1. The van der Waals surface area contributed by atoms with Crippen LogP contribution in [0.3, 0.4) is 0 Å². The number of carbonyl (C=O) groups is 1. The summed E-state index contributed by atoms with van der Waals surface area (Å²) >= 11 is 5.94. The molecule has 1 fully saturated rings. The zero-order valence-electron chi connectivity index (χ0n) is 10.1. The Kier molecular flexibility index (Phi) is 3.57. The summed E-state index contributed by atoms with van der Waals surface area (Å²) < 4.78 is 5.63. The Hall–Kier alpha value is -1.22. The summed E-state index contributed by atoms with van der Waals surface area (Å²) in [5.74, 6) is 0.621. The van der Waals surface area contributed by atoms with Crippen molar-refractivity contribution in [2.45, 2.75) is 26.4 Å². The van der Waals surface area contributed by atoms with E-state index in [1.165, 1.54) is 0 Å². The highest BCUT2D eigenvalue weighted by molar-refractivity contribution is 6.31. The molecule has 0 bridgehead atoms. The number of hydrogen-bond donors (Lipinski definition) is 0. The monoisotopic (exact) mass is 253 g/mol. The number of ether oxygens (including phenoxy) is 1. The molecule has 1 amide bonds. The number of halogens is 1. The van der Waals surface area contributed by atoms with Crippen LogP contribution in [-0.2, 0) is 0 Å². The molecule has 0 unspecified atom stereocenters. The van der Waals surface area contributed by atoms with Crippen LogP contribution in [-0.4, -0.2) is 30.0 Å². The van der Waals surface area contributed by atoms with E-state index in [1.54, 1.807) is 23.1 Å². The maximum Gasteiger partial charge on any atom is 0.257 e. The fourth-order valence-electron chi connectivity index (χ4n) is 1.72. The molecule has 1 aliphatic rings. The number of likely N-dealkylation sites (tertiary alicyclic amines) is 1. The Morgan fingerprint density at radius 3 is 2.65 bits per heavy atom. The van der Waals surface area contributed by atoms with Crippen LogP contribution < -0.4 is 4.74 Å². The van der Waals surface area contributed by atoms with Crippen LogP contribution in [0, 0.1) is 0 Å². The first-order valence-electron chi connectivity index (χ1n) is 5.83. The van der Waals surface area contributed by atoms with Crippen molar-refractivity contribution in [3.63, 3.8) is 0 Å². The van der Waals surface area contributed by atoms with Crippen molar-refractivity contribution in [2.24, 2.45) is 0 Å². The predicted molar refractivity (Wildman–Crippen MR) is 67.7 cm³/mol. The zero-order chi connectivity index (χ0) is 12.4. The van der Waals surface area contributed by atoms with E-state index in [0.29, 0.717) is 16.3 Å². The second-order valence-electron chi connectivity index (χ2n) is 4.45. The highest BCUT2D eigenvalue weighted by atomic mass is 35.5. The lowest BCUT2D eigenvalue weighted by atomic mass is 10.1. The van der Waals surface area contributed by atoms with E-state index >= 15 is 0 Å². The van der Waals surface area contributed by atoms with Crippen molar-refractivity contribution in [2.75, 3.05) is 13.1 Å². The largest absolute Gasteiger partial charge is 0.490 e. The van der Waals surface area contributed by atoms with Crippen molar-refractivity contribution in [3.8, 4) is 5.75 Å². The van der Waals surface area contributed by atoms with E-state index in [4.69, 9.17) is 16.3 Å². The molecule has 2 rings (SSSR count). The zero-order valence-corrected chi connectivity index (χ0v) is 10.8. The standard InChI is InChI=1S/C13H16ClNO2/c1-9(2)17-12-5-4-10(14)8-11(12)13(16)15-6-3-7-15/h4-5,8-9H,3,6-7H2,1-2H3. The van der Waals surface area contributed by atoms with Crippen molar-refractivity contribution in [1.82, 2.24) is 4.90 Å². The highest BCUT2D eigenvalue weighted by Gasteiger charge is 2.24. The molecule has 1 aromatic rings. The van der Waals surface area contributed by atoms with Crippen LogP contribution in [0.2, 0.25) is 5.02 Å². The first-order chi connectivity index (χ1) is 8.08. The van der Waals surface area contributed by atoms with Crippen molar-refractivity contribution in [1.29, 1.82) is 0 Å². The summed E-state index contributed by atoms with van der Waals surface area (Å²) in [4.78, 5) is 14.0. The molecular weight excluding hydrogens is 238 g/mol. The fraction of sp³-hybridized carbons (Fsp3) is 0.462. The van der Waals surface area contributed by atoms with Gasteiger partial charge in [0.2, 0.25) is 0 Å². The Labute approximate surface area is 106 Å². The summed E-state index contributed by atoms with van der Waals surface area (Å²) in [6.45, 7) is 5.53. The summed E-state index contributed by atoms with van der Waals surface area (Å²) in [6, 6.07) is 5.18. The van der Waals surface area contributed by atoms with Gasteiger partial charge in [0.1, 0.15) is 5.75 Å². The van der Waals surface area contributed by atoms with Gasteiger partial charge in [0, 0.05) is 18.1 Å². The minimum atomic E-state index is 0.00870. The van der Waals surface area contributed by atoms with E-state index in [1.807, 2.05) is 13.8 Å². The van der Waals surface area contributed by atoms with Crippen molar-refractivity contribution in [3.05, 3.63) is 28.8 Å². The number of rotatable bonds is 3. The first-order valence-corrected chi connectivity index (χ1v) is 6.21. The number of amides is 1. The fourth-order valence-corrected chi connectivity index (χ4v) is 1.89. The van der Waals surface area contributed by atoms with Crippen LogP contribution >= 0.6 is 11.6 Å². The van der Waals surface area contributed by atoms with Crippen molar-refractivity contribution < 1.29 is 9.53 Å². The maximum atomic E-state index is 12.2. The minimum Gasteiger partial charge on any atom is -0.490 e. The van der Waals surface area contributed by atoms with Crippen LogP contribution in [0.5, 0.6) is 5.75 Å². The van der Waals surface area contributed by atoms with Gasteiger partial charge in [0.15, 0.2) is 0 Å². The molecule has 92 valence electrons. The van der Waals surface area contributed by atoms with Gasteiger partial charge >= 0.3 is 0 Å². The second kappa shape index (κ2) is 4.96. The normalized spacial score (nSPS) is 14.7. The molecule has 17 heavy (non-hydrogen) atoms. The lowest BCUT2D eigenvalue weighted by Crippen LogP contribution is -2.42. The third kappa shape index (κ3) is 2.72. The van der Waals surface area contributed by atoms with E-state index in [0.717, 1.165) is 19.5 Å². The summed E-state index contributed by atoms with van der Waals surface area (Å²) in [5, 5.41) is 0.560. The van der Waals surface area contributed by atoms with Gasteiger partial charge in [0.05, 0.1) is 11.7 Å². The van der Waals surface area contributed by atoms with Gasteiger partial charge in [-0.25, -0.2) is 0 Å². The smallest absolute Gasteiger partial charge is 0.257 e. The molecule has 1 aromatic carbocycles. The molecule has 3 nitrogen and oxygen atoms in total. The number of nitrogens with zero attached hydrogens (tertiary/aromatic N) is 1. The Balaban J connectivity index is 2.28. The molecule has 4 heteroatoms. The summed E-state index contributed by atoms with van der Waals surface area (Å²) in [5.41, 5.74) is 0.561. The van der Waals surface area contributed by atoms with E-state index in [9.17, 15) is 4.79 Å². The van der Waals surface area contributed by atoms with Gasteiger partial charge in [-0.1, -0.05) is 11.6 Å². The molecule has 0 N–H and O–H groups in total. The first kappa shape index (κ1) is 12.2. The number of hydrogen-bond acceptors (Lipinski definition) is 2. The quantitative estimate of drug-likeness (QED) is 0.829. The molecule has 1 aliphatic heterocycles. The van der Waals surface area contributed by atoms with Crippen molar-refractivity contribution >= 4 is 17.5 Å². The summed E-state index contributed by atoms with van der Waals surface area (Å²) in [6.07, 6.45) is 1.12. The second-order valence-corrected chi connectivity index (χ2v) is 4.89. The average molecular weight is 254 g/mol. The molecule has 0 saturated carbocycles. The number of carbonyl (C=O) groups excluding carboxylic acids is 1. The predicted octanol–water partition coefficient (Wildman–Crippen LogP) is 2.97. The Morgan fingerprint density at radius 1 is 1.41 bits per heavy atom. The molecule has 0 radical (unpaired) electrons. The molecule has 1 heterocycles. The van der Waals surface area contributed by atoms with Gasteiger partial charge < -0.3 is 9.64 Å². The molecular formula is C13H16ClNO2. The lowest BCUT2D eigenvalue weighted by Gasteiger charge is -2.31. The van der Waals surface area contributed by atoms with E-state index in [-0.39, 0.29) is 12.0 Å². The average Bonchev–Trinajstić information content (AvgIpc) is 2.17. The maximum absolute atomic E-state index is 12.2. The van der Waals surface area contributed by atoms with Crippen LogP contribution in [0.15, 0.2) is 18.2 Å². The van der Waals surface area contributed by atoms with Gasteiger partial charge in [0.25, 0.3) is 5.91 Å². The molecule has 0 aromatic heterocycles. The Bertz CT molecular complexity index is 427. The topological polar surface area (TPSA) is 29.5 Å². The van der Waals surface area contributed by atoms with Gasteiger partial charge in [-0.3, -0.25) is 4.79 Å². The van der Waals surface area contributed by atoms with Crippen LogP contribution in [0.4, 0.5) is 0 Å². The van der Waals surface area contributed by atoms with Crippen LogP contribution in [0.25, 0.3) is 0 Å². The van der Waals surface area contributed by atoms with Gasteiger partial charge in [-0.05, 0) is 38.5 Å². The van der Waals surface area contributed by atoms with Gasteiger partial charge in [-0.2, -0.15) is 0 Å². The lowest BCUT2D eigenvalue weighted by molar-refractivity contribution is 0.0646. The molecule has 1 saturated heterocycles. The SMILES string of the molecule is CC(C)Oc1ccc(Cl)cc1C(=O)N1CCC1. The summed E-state index contributed by atoms with van der Waals surface area (Å²) in [7, 11) is 0. The molecule has 0 aliphatic carbocycles. The van der Waals surface area contributed by atoms with Crippen LogP contribution in [0.1, 0.15) is 30.6 Å². The molecule has 0 atom stereocenters. The van der Waals surface area contributed by atoms with Gasteiger partial charge in [-0.15, -0.1) is 0 Å². The Morgan fingerprint density at radius 2 is 2.12 bits per heavy atom. The third-order valence-electron chi connectivity index (χ3n) is 2.68.